The molecule has 8 heteroatoms. The molecule has 0 fully saturated rings. The number of alkyl halides is 3. The average molecular weight is 319 g/mol. The van der Waals surface area contributed by atoms with Crippen molar-refractivity contribution in [3.05, 3.63) is 58.5 Å². The maximum atomic E-state index is 13.5. The maximum absolute atomic E-state index is 13.5. The van der Waals surface area contributed by atoms with Crippen LogP contribution in [0.1, 0.15) is 15.9 Å². The van der Waals surface area contributed by atoms with Gasteiger partial charge in [0.25, 0.3) is 5.91 Å². The van der Waals surface area contributed by atoms with E-state index < -0.39 is 29.0 Å². The quantitative estimate of drug-likeness (QED) is 0.668. The van der Waals surface area contributed by atoms with Crippen LogP contribution in [0.3, 0.4) is 0 Å². The number of pyridine rings is 1. The van der Waals surface area contributed by atoms with Crippen molar-refractivity contribution < 1.29 is 22.4 Å². The van der Waals surface area contributed by atoms with E-state index in [-0.39, 0.29) is 11.0 Å². The average Bonchev–Trinajstić information content (AvgIpc) is 2.37. The molecule has 0 unspecified atom stereocenters. The number of anilines is 1. The van der Waals surface area contributed by atoms with Crippen molar-refractivity contribution in [2.24, 2.45) is 0 Å². The third-order valence-corrected chi connectivity index (χ3v) is 2.71. The van der Waals surface area contributed by atoms with Crippen LogP contribution in [-0.2, 0) is 6.18 Å². The van der Waals surface area contributed by atoms with E-state index in [4.69, 9.17) is 11.6 Å². The van der Waals surface area contributed by atoms with E-state index in [0.717, 1.165) is 0 Å². The van der Waals surface area contributed by atoms with E-state index in [1.54, 1.807) is 0 Å². The predicted molar refractivity (Wildman–Crippen MR) is 68.6 cm³/mol. The molecule has 0 saturated carbocycles. The van der Waals surface area contributed by atoms with Gasteiger partial charge in [0.2, 0.25) is 0 Å². The highest BCUT2D eigenvalue weighted by molar-refractivity contribution is 6.29. The van der Waals surface area contributed by atoms with Crippen LogP contribution in [0.2, 0.25) is 5.15 Å². The van der Waals surface area contributed by atoms with Crippen LogP contribution in [0.25, 0.3) is 0 Å². The molecule has 1 heterocycles. The van der Waals surface area contributed by atoms with Gasteiger partial charge >= 0.3 is 6.18 Å². The van der Waals surface area contributed by atoms with E-state index >= 15 is 0 Å². The van der Waals surface area contributed by atoms with Crippen LogP contribution < -0.4 is 5.32 Å². The van der Waals surface area contributed by atoms with Crippen molar-refractivity contribution in [1.29, 1.82) is 0 Å². The molecule has 0 bridgehead atoms. The molecule has 1 aromatic heterocycles. The molecule has 1 amide bonds. The summed E-state index contributed by atoms with van der Waals surface area (Å²) in [5.41, 5.74) is -1.85. The minimum atomic E-state index is -4.67. The zero-order valence-corrected chi connectivity index (χ0v) is 11.0. The first kappa shape index (κ1) is 15.2. The summed E-state index contributed by atoms with van der Waals surface area (Å²) < 4.78 is 51.2. The fourth-order valence-electron chi connectivity index (χ4n) is 1.54. The number of carbonyl (C=O) groups excluding carboxylic acids is 1. The lowest BCUT2D eigenvalue weighted by Gasteiger charge is -2.10. The van der Waals surface area contributed by atoms with Crippen molar-refractivity contribution in [3.8, 4) is 0 Å². The Hall–Kier alpha value is -2.15. The van der Waals surface area contributed by atoms with Crippen LogP contribution in [-0.4, -0.2) is 10.9 Å². The third kappa shape index (κ3) is 3.69. The summed E-state index contributed by atoms with van der Waals surface area (Å²) in [5, 5.41) is 2.26. The van der Waals surface area contributed by atoms with E-state index in [0.29, 0.717) is 18.2 Å². The lowest BCUT2D eigenvalue weighted by Crippen LogP contribution is -2.16. The summed E-state index contributed by atoms with van der Waals surface area (Å²) in [5.74, 6) is -2.11. The van der Waals surface area contributed by atoms with Gasteiger partial charge in [0.1, 0.15) is 16.8 Å². The van der Waals surface area contributed by atoms with Gasteiger partial charge < -0.3 is 5.32 Å². The number of nitrogens with one attached hydrogen (secondary N) is 1. The molecule has 3 nitrogen and oxygen atoms in total. The molecule has 0 aliphatic rings. The SMILES string of the molecule is O=C(Nc1cccc(Cl)n1)c1cc(C(F)(F)F)ccc1F. The number of hydrogen-bond acceptors (Lipinski definition) is 2. The minimum Gasteiger partial charge on any atom is -0.306 e. The van der Waals surface area contributed by atoms with Gasteiger partial charge in [-0.05, 0) is 30.3 Å². The Morgan fingerprint density at radius 2 is 1.90 bits per heavy atom. The molecule has 1 aromatic carbocycles. The van der Waals surface area contributed by atoms with Gasteiger partial charge in [-0.15, -0.1) is 0 Å². The first-order valence-corrected chi connectivity index (χ1v) is 5.96. The molecule has 2 rings (SSSR count). The molecule has 0 spiro atoms. The lowest BCUT2D eigenvalue weighted by molar-refractivity contribution is -0.137. The van der Waals surface area contributed by atoms with Crippen LogP contribution in [0, 0.1) is 5.82 Å². The van der Waals surface area contributed by atoms with Gasteiger partial charge in [0.05, 0.1) is 11.1 Å². The Kier molecular flexibility index (Phi) is 4.13. The highest BCUT2D eigenvalue weighted by Gasteiger charge is 2.32. The molecule has 1 N–H and O–H groups in total. The van der Waals surface area contributed by atoms with Gasteiger partial charge in [-0.1, -0.05) is 17.7 Å². The van der Waals surface area contributed by atoms with Gasteiger partial charge in [-0.3, -0.25) is 4.79 Å². The predicted octanol–water partition coefficient (Wildman–Crippen LogP) is 4.15. The molecule has 0 atom stereocenters. The van der Waals surface area contributed by atoms with Crippen molar-refractivity contribution >= 4 is 23.3 Å². The standard InChI is InChI=1S/C13H7ClF4N2O/c14-10-2-1-3-11(19-10)20-12(21)8-6-7(13(16,17)18)4-5-9(8)15/h1-6H,(H,19,20,21). The first-order valence-electron chi connectivity index (χ1n) is 5.58. The molecule has 0 radical (unpaired) electrons. The summed E-state index contributed by atoms with van der Waals surface area (Å²) in [6.07, 6.45) is -4.67. The normalized spacial score (nSPS) is 11.3. The number of rotatable bonds is 2. The molecule has 0 aliphatic heterocycles. The Labute approximate surface area is 121 Å². The molecule has 21 heavy (non-hydrogen) atoms. The summed E-state index contributed by atoms with van der Waals surface area (Å²) in [7, 11) is 0. The van der Waals surface area contributed by atoms with Gasteiger partial charge in [0, 0.05) is 0 Å². The Morgan fingerprint density at radius 3 is 2.52 bits per heavy atom. The lowest BCUT2D eigenvalue weighted by atomic mass is 10.1. The molecule has 0 aliphatic carbocycles. The maximum Gasteiger partial charge on any atom is 0.416 e. The summed E-state index contributed by atoms with van der Waals surface area (Å²) in [6.45, 7) is 0. The van der Waals surface area contributed by atoms with Crippen molar-refractivity contribution in [1.82, 2.24) is 4.98 Å². The van der Waals surface area contributed by atoms with Gasteiger partial charge in [-0.2, -0.15) is 13.2 Å². The number of benzene rings is 1. The second-order valence-corrected chi connectivity index (χ2v) is 4.38. The molecular weight excluding hydrogens is 312 g/mol. The van der Waals surface area contributed by atoms with Crippen LogP contribution in [0.5, 0.6) is 0 Å². The second-order valence-electron chi connectivity index (χ2n) is 3.99. The summed E-state index contributed by atoms with van der Waals surface area (Å²) in [4.78, 5) is 15.6. The minimum absolute atomic E-state index is 0.00399. The summed E-state index contributed by atoms with van der Waals surface area (Å²) >= 11 is 5.61. The second kappa shape index (κ2) is 5.69. The summed E-state index contributed by atoms with van der Waals surface area (Å²) in [6, 6.07) is 5.88. The molecule has 110 valence electrons. The zero-order chi connectivity index (χ0) is 15.6. The highest BCUT2D eigenvalue weighted by Crippen LogP contribution is 2.30. The Balaban J connectivity index is 2.31. The number of hydrogen-bond donors (Lipinski definition) is 1. The number of halogens is 5. The highest BCUT2D eigenvalue weighted by atomic mass is 35.5. The first-order chi connectivity index (χ1) is 9.77. The molecular formula is C13H7ClF4N2O. The van der Waals surface area contributed by atoms with Crippen LogP contribution >= 0.6 is 11.6 Å². The van der Waals surface area contributed by atoms with Crippen molar-refractivity contribution in [2.45, 2.75) is 6.18 Å². The Bertz CT molecular complexity index is 688. The molecule has 0 saturated heterocycles. The van der Waals surface area contributed by atoms with Crippen molar-refractivity contribution in [2.75, 3.05) is 5.32 Å². The number of amides is 1. The fourth-order valence-corrected chi connectivity index (χ4v) is 1.70. The van der Waals surface area contributed by atoms with Crippen LogP contribution in [0.15, 0.2) is 36.4 Å². The number of carbonyl (C=O) groups is 1. The van der Waals surface area contributed by atoms with Gasteiger partial charge in [0.15, 0.2) is 0 Å². The monoisotopic (exact) mass is 318 g/mol. The van der Waals surface area contributed by atoms with E-state index in [2.05, 4.69) is 10.3 Å². The molecule has 2 aromatic rings. The largest absolute Gasteiger partial charge is 0.416 e. The van der Waals surface area contributed by atoms with Gasteiger partial charge in [-0.25, -0.2) is 9.37 Å². The van der Waals surface area contributed by atoms with E-state index in [1.165, 1.54) is 18.2 Å². The Morgan fingerprint density at radius 1 is 1.19 bits per heavy atom. The number of aromatic nitrogens is 1. The number of nitrogens with zero attached hydrogens (tertiary/aromatic N) is 1. The van der Waals surface area contributed by atoms with E-state index in [9.17, 15) is 22.4 Å². The zero-order valence-electron chi connectivity index (χ0n) is 10.2. The fraction of sp³-hybridized carbons (Fsp3) is 0.0769. The topological polar surface area (TPSA) is 42.0 Å². The third-order valence-electron chi connectivity index (χ3n) is 2.50. The van der Waals surface area contributed by atoms with Crippen LogP contribution in [0.4, 0.5) is 23.4 Å². The van der Waals surface area contributed by atoms with Crippen molar-refractivity contribution in [3.63, 3.8) is 0 Å². The smallest absolute Gasteiger partial charge is 0.306 e. The van der Waals surface area contributed by atoms with E-state index in [1.807, 2.05) is 0 Å².